The second-order valence-electron chi connectivity index (χ2n) is 8.53. The number of amides is 3. The third kappa shape index (κ3) is 5.21. The molecule has 5 rings (SSSR count). The number of carbonyl (C=O) groups excluding carboxylic acids is 2. The van der Waals surface area contributed by atoms with Crippen LogP contribution in [0.3, 0.4) is 0 Å². The highest BCUT2D eigenvalue weighted by Crippen LogP contribution is 2.40. The molecule has 1 aliphatic carbocycles. The van der Waals surface area contributed by atoms with Gasteiger partial charge in [-0.05, 0) is 61.1 Å². The van der Waals surface area contributed by atoms with Crippen molar-refractivity contribution in [3.63, 3.8) is 0 Å². The first kappa shape index (κ1) is 22.3. The Bertz CT molecular complexity index is 1370. The Hall–Kier alpha value is -4.47. The van der Waals surface area contributed by atoms with Gasteiger partial charge < -0.3 is 5.32 Å². The summed E-state index contributed by atoms with van der Waals surface area (Å²) in [7, 11) is 0. The highest BCUT2D eigenvalue weighted by molar-refractivity contribution is 6.06. The molecule has 176 valence electrons. The molecule has 1 aliphatic rings. The molecule has 0 saturated heterocycles. The largest absolute Gasteiger partial charge is 0.326 e. The molecule has 1 saturated carbocycles. The number of carbonyl (C=O) groups is 2. The molecule has 35 heavy (non-hydrogen) atoms. The molecule has 3 heterocycles. The molecule has 0 radical (unpaired) electrons. The molecule has 1 fully saturated rings. The molecular formula is C25H24N7O3+. The molecule has 1 aromatic carbocycles. The van der Waals surface area contributed by atoms with Gasteiger partial charge in [0, 0.05) is 34.4 Å². The van der Waals surface area contributed by atoms with E-state index in [0.29, 0.717) is 18.2 Å². The Morgan fingerprint density at radius 2 is 1.89 bits per heavy atom. The maximum Gasteiger partial charge on any atom is 0.326 e. The van der Waals surface area contributed by atoms with Crippen molar-refractivity contribution in [1.82, 2.24) is 25.5 Å². The molecular weight excluding hydrogens is 446 g/mol. The first-order valence-electron chi connectivity index (χ1n) is 11.3. The molecule has 0 unspecified atom stereocenters. The van der Waals surface area contributed by atoms with Crippen molar-refractivity contribution < 1.29 is 18.8 Å². The average Bonchev–Trinajstić information content (AvgIpc) is 3.59. The van der Waals surface area contributed by atoms with Crippen molar-refractivity contribution in [2.75, 3.05) is 5.32 Å². The molecule has 0 atom stereocenters. The molecule has 10 nitrogen and oxygen atoms in total. The molecule has 3 amide bonds. The summed E-state index contributed by atoms with van der Waals surface area (Å²) < 4.78 is 6.55. The van der Waals surface area contributed by atoms with Crippen LogP contribution in [0.2, 0.25) is 0 Å². The molecule has 0 aliphatic heterocycles. The Labute approximate surface area is 201 Å². The molecule has 10 heteroatoms. The number of benzene rings is 1. The minimum absolute atomic E-state index is 0.0869. The lowest BCUT2D eigenvalue weighted by Gasteiger charge is -2.07. The summed E-state index contributed by atoms with van der Waals surface area (Å²) >= 11 is 0. The van der Waals surface area contributed by atoms with Crippen LogP contribution in [0.5, 0.6) is 0 Å². The average molecular weight is 471 g/mol. The molecule has 0 spiro atoms. The minimum Gasteiger partial charge on any atom is -0.308 e. The number of nitrogens with one attached hydrogen (secondary N) is 2. The van der Waals surface area contributed by atoms with E-state index in [9.17, 15) is 9.59 Å². The van der Waals surface area contributed by atoms with E-state index >= 15 is 0 Å². The van der Waals surface area contributed by atoms with Crippen LogP contribution >= 0.6 is 0 Å². The highest BCUT2D eigenvalue weighted by Gasteiger charge is 2.24. The lowest BCUT2D eigenvalue weighted by Crippen LogP contribution is -2.37. The van der Waals surface area contributed by atoms with Crippen molar-refractivity contribution in [2.45, 2.75) is 39.2 Å². The normalized spacial score (nSPS) is 12.9. The number of imide groups is 1. The smallest absolute Gasteiger partial charge is 0.308 e. The maximum absolute atomic E-state index is 12.4. The van der Waals surface area contributed by atoms with Gasteiger partial charge in [-0.25, -0.2) is 14.8 Å². The van der Waals surface area contributed by atoms with Gasteiger partial charge in [0.15, 0.2) is 5.27 Å². The molecule has 0 bridgehead atoms. The van der Waals surface area contributed by atoms with Crippen molar-refractivity contribution in [3.8, 4) is 11.1 Å². The third-order valence-corrected chi connectivity index (χ3v) is 5.82. The number of urea groups is 1. The van der Waals surface area contributed by atoms with Gasteiger partial charge in [-0.15, -0.1) is 0 Å². The number of hydrogen-bond donors (Lipinski definition) is 2. The van der Waals surface area contributed by atoms with E-state index in [-0.39, 0.29) is 5.76 Å². The van der Waals surface area contributed by atoms with Gasteiger partial charge in [0.25, 0.3) is 12.0 Å². The second kappa shape index (κ2) is 9.41. The summed E-state index contributed by atoms with van der Waals surface area (Å²) in [6.45, 7) is 4.16. The Kier molecular flexibility index (Phi) is 6.01. The monoisotopic (exact) mass is 470 g/mol. The van der Waals surface area contributed by atoms with Crippen LogP contribution in [0.4, 0.5) is 10.5 Å². The van der Waals surface area contributed by atoms with Crippen LogP contribution in [-0.2, 0) is 6.54 Å². The SMILES string of the molecule is Cc1ncnc(C)c1-c1ccc(C[n+]2cc(C(=O)NC(=O)Nc3cccc(C4CC4)c3)on2)nc1. The van der Waals surface area contributed by atoms with Crippen LogP contribution in [-0.4, -0.2) is 32.2 Å². The number of anilines is 1. The van der Waals surface area contributed by atoms with Gasteiger partial charge in [0.05, 0.1) is 0 Å². The van der Waals surface area contributed by atoms with Crippen molar-refractivity contribution in [3.05, 3.63) is 83.5 Å². The second-order valence-corrected chi connectivity index (χ2v) is 8.53. The van der Waals surface area contributed by atoms with Crippen molar-refractivity contribution >= 4 is 17.6 Å². The Balaban J connectivity index is 1.19. The standard InChI is InChI=1S/C25H23N7O3/c1-15-23(16(2)28-14-27-15)19-8-9-21(26-11-19)12-32-13-22(35-31-32)24(33)30-25(34)29-20-5-3-4-18(10-20)17-6-7-17/h3-5,8-11,13-14,17H,6-7,12H2,1-2H3,(H-,29,30,33,34)/p+1. The van der Waals surface area contributed by atoms with Crippen LogP contribution in [0.1, 0.15) is 52.0 Å². The summed E-state index contributed by atoms with van der Waals surface area (Å²) in [5.74, 6) is -0.209. The number of rotatable bonds is 6. The van der Waals surface area contributed by atoms with E-state index in [1.54, 1.807) is 18.6 Å². The van der Waals surface area contributed by atoms with Gasteiger partial charge in [-0.2, -0.15) is 0 Å². The third-order valence-electron chi connectivity index (χ3n) is 5.82. The van der Waals surface area contributed by atoms with E-state index in [1.807, 2.05) is 44.2 Å². The number of pyridine rings is 1. The van der Waals surface area contributed by atoms with Crippen molar-refractivity contribution in [2.24, 2.45) is 0 Å². The lowest BCUT2D eigenvalue weighted by molar-refractivity contribution is -0.755. The first-order valence-corrected chi connectivity index (χ1v) is 11.3. The van der Waals surface area contributed by atoms with Gasteiger partial charge >= 0.3 is 11.9 Å². The summed E-state index contributed by atoms with van der Waals surface area (Å²) in [5, 5.41) is 8.80. The topological polar surface area (TPSA) is 127 Å². The predicted octanol–water partition coefficient (Wildman–Crippen LogP) is 3.32. The van der Waals surface area contributed by atoms with E-state index < -0.39 is 11.9 Å². The zero-order valence-electron chi connectivity index (χ0n) is 19.4. The fourth-order valence-electron chi connectivity index (χ4n) is 3.91. The number of aryl methyl sites for hydroxylation is 2. The predicted molar refractivity (Wildman–Crippen MR) is 125 cm³/mol. The van der Waals surface area contributed by atoms with E-state index in [1.165, 1.54) is 29.3 Å². The van der Waals surface area contributed by atoms with Gasteiger partial charge in [0.2, 0.25) is 6.54 Å². The summed E-state index contributed by atoms with van der Waals surface area (Å²) in [4.78, 5) is 37.7. The quantitative estimate of drug-likeness (QED) is 0.414. The van der Waals surface area contributed by atoms with Gasteiger partial charge in [-0.1, -0.05) is 18.2 Å². The van der Waals surface area contributed by atoms with Crippen molar-refractivity contribution in [1.29, 1.82) is 0 Å². The zero-order valence-corrected chi connectivity index (χ0v) is 19.4. The fourth-order valence-corrected chi connectivity index (χ4v) is 3.91. The summed E-state index contributed by atoms with van der Waals surface area (Å²) in [5.41, 5.74) is 6.19. The maximum atomic E-state index is 12.4. The zero-order chi connectivity index (χ0) is 24.4. The Morgan fingerprint density at radius 1 is 1.09 bits per heavy atom. The lowest BCUT2D eigenvalue weighted by atomic mass is 10.0. The minimum atomic E-state index is -0.689. The van der Waals surface area contributed by atoms with Crippen LogP contribution in [0.25, 0.3) is 11.1 Å². The van der Waals surface area contributed by atoms with E-state index in [2.05, 4.69) is 30.9 Å². The molecule has 2 N–H and O–H groups in total. The molecule has 4 aromatic rings. The van der Waals surface area contributed by atoms with Gasteiger partial charge in [0.1, 0.15) is 12.0 Å². The summed E-state index contributed by atoms with van der Waals surface area (Å²) in [6.07, 6.45) is 7.05. The van der Waals surface area contributed by atoms with E-state index in [4.69, 9.17) is 4.52 Å². The summed E-state index contributed by atoms with van der Waals surface area (Å²) in [6, 6.07) is 10.8. The fraction of sp³-hybridized carbons (Fsp3) is 0.240. The van der Waals surface area contributed by atoms with E-state index in [0.717, 1.165) is 28.2 Å². The molecule has 3 aromatic heterocycles. The Morgan fingerprint density at radius 3 is 2.60 bits per heavy atom. The van der Waals surface area contributed by atoms with Crippen LogP contribution in [0.15, 0.2) is 59.6 Å². The van der Waals surface area contributed by atoms with Crippen LogP contribution < -0.4 is 15.3 Å². The number of nitrogens with zero attached hydrogens (tertiary/aromatic N) is 5. The van der Waals surface area contributed by atoms with Crippen LogP contribution in [0, 0.1) is 13.8 Å². The first-order chi connectivity index (χ1) is 17.0. The number of hydrogen-bond acceptors (Lipinski definition) is 7. The number of aromatic nitrogens is 5. The van der Waals surface area contributed by atoms with Gasteiger partial charge in [-0.3, -0.25) is 19.6 Å². The highest BCUT2D eigenvalue weighted by atomic mass is 16.5.